The van der Waals surface area contributed by atoms with E-state index in [9.17, 15) is 12.8 Å². The second-order valence-electron chi connectivity index (χ2n) is 3.47. The molecule has 18 heavy (non-hydrogen) atoms. The summed E-state index contributed by atoms with van der Waals surface area (Å²) in [5.41, 5.74) is 0.336. The fraction of sp³-hybridized carbons (Fsp3) is 0.0909. The molecular formula is C11H10FN3O2S. The average Bonchev–Trinajstić information content (AvgIpc) is 2.39. The number of hydrogen-bond acceptors (Lipinski definition) is 4. The maximum atomic E-state index is 13.5. The van der Waals surface area contributed by atoms with E-state index in [1.807, 2.05) is 0 Å². The number of pyridine rings is 2. The van der Waals surface area contributed by atoms with Crippen LogP contribution < -0.4 is 4.31 Å². The summed E-state index contributed by atoms with van der Waals surface area (Å²) in [6, 6.07) is 5.54. The van der Waals surface area contributed by atoms with Crippen LogP contribution in [0.15, 0.2) is 47.9 Å². The number of rotatable bonds is 3. The van der Waals surface area contributed by atoms with Gasteiger partial charge < -0.3 is 0 Å². The molecule has 0 spiro atoms. The number of hydrogen-bond donors (Lipinski definition) is 0. The molecule has 0 aliphatic carbocycles. The van der Waals surface area contributed by atoms with Crippen LogP contribution in [-0.4, -0.2) is 25.4 Å². The molecule has 5 nitrogen and oxygen atoms in total. The van der Waals surface area contributed by atoms with Gasteiger partial charge in [-0.2, -0.15) is 8.42 Å². The van der Waals surface area contributed by atoms with Crippen molar-refractivity contribution in [3.8, 4) is 0 Å². The van der Waals surface area contributed by atoms with Crippen molar-refractivity contribution in [2.24, 2.45) is 0 Å². The summed E-state index contributed by atoms with van der Waals surface area (Å²) in [4.78, 5) is 7.39. The number of sulfonamides is 1. The Morgan fingerprint density at radius 3 is 2.56 bits per heavy atom. The molecule has 2 aromatic heterocycles. The lowest BCUT2D eigenvalue weighted by atomic mass is 10.4. The van der Waals surface area contributed by atoms with E-state index in [-0.39, 0.29) is 0 Å². The number of nitrogens with zero attached hydrogens (tertiary/aromatic N) is 3. The SMILES string of the molecule is CN(c1cccnc1)S(=O)(=O)c1ncccc1F. The standard InChI is InChI=1S/C11H10FN3O2S/c1-15(9-4-2-6-13-8-9)18(16,17)11-10(12)5-3-7-14-11/h2-8H,1H3. The summed E-state index contributed by atoms with van der Waals surface area (Å²) >= 11 is 0. The van der Waals surface area contributed by atoms with Gasteiger partial charge in [-0.05, 0) is 24.3 Å². The smallest absolute Gasteiger partial charge is 0.266 e. The molecule has 0 aromatic carbocycles. The summed E-state index contributed by atoms with van der Waals surface area (Å²) in [7, 11) is -2.70. The van der Waals surface area contributed by atoms with Gasteiger partial charge in [0.15, 0.2) is 5.82 Å². The molecule has 0 fully saturated rings. The van der Waals surface area contributed by atoms with Gasteiger partial charge in [0, 0.05) is 19.4 Å². The number of halogens is 1. The third kappa shape index (κ3) is 2.17. The van der Waals surface area contributed by atoms with Crippen LogP contribution in [0.4, 0.5) is 10.1 Å². The zero-order valence-electron chi connectivity index (χ0n) is 9.49. The summed E-state index contributed by atoms with van der Waals surface area (Å²) in [6.45, 7) is 0. The van der Waals surface area contributed by atoms with E-state index in [1.54, 1.807) is 12.1 Å². The van der Waals surface area contributed by atoms with Crippen LogP contribution >= 0.6 is 0 Å². The zero-order chi connectivity index (χ0) is 13.2. The van der Waals surface area contributed by atoms with Crippen LogP contribution in [0.1, 0.15) is 0 Å². The molecule has 0 saturated heterocycles. The monoisotopic (exact) mass is 267 g/mol. The second kappa shape index (κ2) is 4.69. The van der Waals surface area contributed by atoms with Gasteiger partial charge in [-0.1, -0.05) is 0 Å². The normalized spacial score (nSPS) is 11.2. The Morgan fingerprint density at radius 1 is 1.22 bits per heavy atom. The summed E-state index contributed by atoms with van der Waals surface area (Å²) < 4.78 is 38.7. The fourth-order valence-corrected chi connectivity index (χ4v) is 2.52. The van der Waals surface area contributed by atoms with Gasteiger partial charge in [0.05, 0.1) is 11.9 Å². The molecule has 94 valence electrons. The number of aromatic nitrogens is 2. The lowest BCUT2D eigenvalue weighted by Crippen LogP contribution is -2.28. The molecule has 0 N–H and O–H groups in total. The second-order valence-corrected chi connectivity index (χ2v) is 5.36. The molecule has 0 unspecified atom stereocenters. The van der Waals surface area contributed by atoms with Crippen molar-refractivity contribution in [1.82, 2.24) is 9.97 Å². The molecule has 2 rings (SSSR count). The van der Waals surface area contributed by atoms with E-state index >= 15 is 0 Å². The molecule has 0 atom stereocenters. The van der Waals surface area contributed by atoms with Crippen LogP contribution in [0, 0.1) is 5.82 Å². The lowest BCUT2D eigenvalue weighted by Gasteiger charge is -2.18. The van der Waals surface area contributed by atoms with E-state index in [4.69, 9.17) is 0 Å². The van der Waals surface area contributed by atoms with Crippen molar-refractivity contribution in [1.29, 1.82) is 0 Å². The fourth-order valence-electron chi connectivity index (χ4n) is 1.37. The quantitative estimate of drug-likeness (QED) is 0.844. The minimum atomic E-state index is -4.02. The van der Waals surface area contributed by atoms with Gasteiger partial charge in [-0.25, -0.2) is 9.37 Å². The van der Waals surface area contributed by atoms with Gasteiger partial charge >= 0.3 is 0 Å². The van der Waals surface area contributed by atoms with E-state index < -0.39 is 20.9 Å². The lowest BCUT2D eigenvalue weighted by molar-refractivity contribution is 0.552. The highest BCUT2D eigenvalue weighted by molar-refractivity contribution is 7.92. The Morgan fingerprint density at radius 2 is 1.94 bits per heavy atom. The van der Waals surface area contributed by atoms with E-state index in [2.05, 4.69) is 9.97 Å². The molecule has 0 aliphatic heterocycles. The highest BCUT2D eigenvalue weighted by atomic mass is 32.2. The first-order valence-corrected chi connectivity index (χ1v) is 6.47. The largest absolute Gasteiger partial charge is 0.284 e. The minimum absolute atomic E-state index is 0.336. The van der Waals surface area contributed by atoms with Gasteiger partial charge in [0.25, 0.3) is 10.0 Å². The predicted molar refractivity (Wildman–Crippen MR) is 64.0 cm³/mol. The average molecular weight is 267 g/mol. The van der Waals surface area contributed by atoms with Crippen molar-refractivity contribution in [3.63, 3.8) is 0 Å². The Labute approximate surface area is 104 Å². The van der Waals surface area contributed by atoms with E-state index in [0.29, 0.717) is 5.69 Å². The van der Waals surface area contributed by atoms with E-state index in [1.165, 1.54) is 31.7 Å². The third-order valence-corrected chi connectivity index (χ3v) is 4.06. The first kappa shape index (κ1) is 12.4. The summed E-state index contributed by atoms with van der Waals surface area (Å²) in [5, 5.41) is -0.601. The van der Waals surface area contributed by atoms with Crippen molar-refractivity contribution in [2.45, 2.75) is 5.03 Å². The first-order valence-electron chi connectivity index (χ1n) is 5.03. The van der Waals surface area contributed by atoms with Crippen LogP contribution in [0.2, 0.25) is 0 Å². The summed E-state index contributed by atoms with van der Waals surface area (Å²) in [6.07, 6.45) is 4.12. The molecule has 2 heterocycles. The van der Waals surface area contributed by atoms with Crippen LogP contribution in [-0.2, 0) is 10.0 Å². The molecule has 0 saturated carbocycles. The maximum Gasteiger partial charge on any atom is 0.284 e. The van der Waals surface area contributed by atoms with Crippen molar-refractivity contribution in [3.05, 3.63) is 48.7 Å². The molecule has 0 radical (unpaired) electrons. The molecule has 2 aromatic rings. The Balaban J connectivity index is 2.48. The first-order chi connectivity index (χ1) is 8.53. The van der Waals surface area contributed by atoms with Crippen LogP contribution in [0.5, 0.6) is 0 Å². The topological polar surface area (TPSA) is 63.2 Å². The Bertz CT molecular complexity index is 646. The molecule has 0 amide bonds. The van der Waals surface area contributed by atoms with Gasteiger partial charge in [0.1, 0.15) is 0 Å². The van der Waals surface area contributed by atoms with Crippen molar-refractivity contribution < 1.29 is 12.8 Å². The highest BCUT2D eigenvalue weighted by Crippen LogP contribution is 2.20. The van der Waals surface area contributed by atoms with Crippen LogP contribution in [0.25, 0.3) is 0 Å². The zero-order valence-corrected chi connectivity index (χ0v) is 10.3. The third-order valence-electron chi connectivity index (χ3n) is 2.34. The predicted octanol–water partition coefficient (Wildman–Crippen LogP) is 1.44. The highest BCUT2D eigenvalue weighted by Gasteiger charge is 2.26. The molecule has 0 aliphatic rings. The molecule has 0 bridgehead atoms. The van der Waals surface area contributed by atoms with E-state index in [0.717, 1.165) is 10.4 Å². The summed E-state index contributed by atoms with van der Waals surface area (Å²) in [5.74, 6) is -0.881. The van der Waals surface area contributed by atoms with Crippen molar-refractivity contribution in [2.75, 3.05) is 11.4 Å². The van der Waals surface area contributed by atoms with Gasteiger partial charge in [-0.15, -0.1) is 0 Å². The maximum absolute atomic E-state index is 13.5. The molecular weight excluding hydrogens is 257 g/mol. The Hall–Kier alpha value is -2.02. The van der Waals surface area contributed by atoms with Gasteiger partial charge in [-0.3, -0.25) is 9.29 Å². The molecule has 7 heteroatoms. The number of anilines is 1. The Kier molecular flexibility index (Phi) is 3.24. The van der Waals surface area contributed by atoms with Crippen LogP contribution in [0.3, 0.4) is 0 Å². The van der Waals surface area contributed by atoms with Gasteiger partial charge in [0.2, 0.25) is 5.03 Å². The van der Waals surface area contributed by atoms with Crippen molar-refractivity contribution >= 4 is 15.7 Å². The minimum Gasteiger partial charge on any atom is -0.266 e.